The van der Waals surface area contributed by atoms with Crippen molar-refractivity contribution in [2.24, 2.45) is 28.1 Å². The molecular weight excluding hydrogens is 576 g/mol. The molecule has 44 heavy (non-hydrogen) atoms. The second kappa shape index (κ2) is 8.60. The van der Waals surface area contributed by atoms with Gasteiger partial charge in [0.05, 0.1) is 37.6 Å². The van der Waals surface area contributed by atoms with Gasteiger partial charge in [0, 0.05) is 33.8 Å². The molecule has 12 heteroatoms. The zero-order valence-corrected chi connectivity index (χ0v) is 25.7. The quantitative estimate of drug-likeness (QED) is 0.214. The number of ketones is 1. The van der Waals surface area contributed by atoms with E-state index in [1.807, 2.05) is 6.92 Å². The Morgan fingerprint density at radius 2 is 1.86 bits per heavy atom. The molecule has 1 aromatic heterocycles. The second-order valence-corrected chi connectivity index (χ2v) is 14.4. The predicted octanol–water partition coefficient (Wildman–Crippen LogP) is 1.96. The molecule has 3 aliphatic heterocycles. The number of carbonyl (C=O) groups excluding carboxylic acids is 4. The molecule has 6 fully saturated rings. The van der Waals surface area contributed by atoms with Crippen molar-refractivity contribution in [3.63, 3.8) is 0 Å². The summed E-state index contributed by atoms with van der Waals surface area (Å²) >= 11 is 0. The number of hydrogen-bond acceptors (Lipinski definition) is 12. The summed E-state index contributed by atoms with van der Waals surface area (Å²) in [6, 6.07) is 1.72. The third-order valence-electron chi connectivity index (χ3n) is 12.2. The zero-order valence-electron chi connectivity index (χ0n) is 25.7. The van der Waals surface area contributed by atoms with Gasteiger partial charge in [-0.1, -0.05) is 26.8 Å². The summed E-state index contributed by atoms with van der Waals surface area (Å²) in [6.45, 7) is 10.0. The van der Waals surface area contributed by atoms with Gasteiger partial charge in [0.15, 0.2) is 17.5 Å². The first kappa shape index (κ1) is 29.6. The van der Waals surface area contributed by atoms with Gasteiger partial charge in [0.1, 0.15) is 29.5 Å². The maximum Gasteiger partial charge on any atom is 0.335 e. The minimum Gasteiger partial charge on any atom is -0.472 e. The molecule has 12 atom stereocenters. The van der Waals surface area contributed by atoms with Crippen LogP contribution in [0.1, 0.15) is 66.1 Å². The van der Waals surface area contributed by atoms with Crippen LogP contribution < -0.4 is 0 Å². The Labute approximate surface area is 254 Å². The van der Waals surface area contributed by atoms with Crippen molar-refractivity contribution in [2.45, 2.75) is 102 Å². The molecule has 3 saturated heterocycles. The van der Waals surface area contributed by atoms with E-state index in [0.717, 1.165) is 7.11 Å². The fraction of sp³-hybridized carbons (Fsp3) is 0.688. The van der Waals surface area contributed by atoms with Crippen LogP contribution in [0.5, 0.6) is 0 Å². The number of allylic oxidation sites excluding steroid dienone is 1. The van der Waals surface area contributed by atoms with Gasteiger partial charge >= 0.3 is 17.9 Å². The molecule has 12 nitrogen and oxygen atoms in total. The number of Topliss-reactive ketones (excluding diaryl/α,β-unsaturated/α-hetero) is 1. The van der Waals surface area contributed by atoms with E-state index in [-0.39, 0.29) is 12.0 Å². The first-order valence-electron chi connectivity index (χ1n) is 15.0. The second-order valence-electron chi connectivity index (χ2n) is 14.4. The van der Waals surface area contributed by atoms with Gasteiger partial charge in [-0.3, -0.25) is 9.59 Å². The Kier molecular flexibility index (Phi) is 5.79. The average Bonchev–Trinajstić information content (AvgIpc) is 3.84. The number of carbonyl (C=O) groups is 4. The summed E-state index contributed by atoms with van der Waals surface area (Å²) in [4.78, 5) is 54.4. The lowest BCUT2D eigenvalue weighted by Gasteiger charge is -2.65. The lowest BCUT2D eigenvalue weighted by molar-refractivity contribution is -0.257. The van der Waals surface area contributed by atoms with Gasteiger partial charge in [0.25, 0.3) is 0 Å². The summed E-state index contributed by atoms with van der Waals surface area (Å²) in [7, 11) is 1.13. The van der Waals surface area contributed by atoms with Gasteiger partial charge in [-0.15, -0.1) is 0 Å². The third kappa shape index (κ3) is 2.99. The Balaban J connectivity index is 1.45. The number of aliphatic hydroxyl groups excluding tert-OH is 1. The highest BCUT2D eigenvalue weighted by Crippen LogP contribution is 2.85. The smallest absolute Gasteiger partial charge is 0.335 e. The highest BCUT2D eigenvalue weighted by Gasteiger charge is 3.02. The molecule has 6 aliphatic rings. The lowest BCUT2D eigenvalue weighted by Crippen LogP contribution is -2.84. The number of rotatable bonds is 5. The summed E-state index contributed by atoms with van der Waals surface area (Å²) in [5.74, 6) is -4.87. The molecule has 2 bridgehead atoms. The Bertz CT molecular complexity index is 1510. The first-order valence-corrected chi connectivity index (χ1v) is 15.0. The molecule has 0 unspecified atom stereocenters. The van der Waals surface area contributed by atoms with Crippen LogP contribution in [0.25, 0.3) is 0 Å². The van der Waals surface area contributed by atoms with Crippen LogP contribution in [-0.2, 0) is 42.9 Å². The Morgan fingerprint density at radius 3 is 2.48 bits per heavy atom. The van der Waals surface area contributed by atoms with Gasteiger partial charge in [-0.25, -0.2) is 9.59 Å². The molecule has 4 heterocycles. The fourth-order valence-corrected chi connectivity index (χ4v) is 10.4. The number of cyclic esters (lactones) is 1. The van der Waals surface area contributed by atoms with E-state index < -0.39 is 99.1 Å². The SMILES string of the molecule is C/C=C(\C)C(=O)O[C@H]1C(C)(C)[C@H]([C@@H](O)C(=O)OC)[C@]2(C)C(=O)[C@@]1(O)[C@H]1O[C@]13[C@@H]1CC(=O)O[C@@H](c4ccoc4)[C@]1(C)C[C@H]1O[C@]132. The highest BCUT2D eigenvalue weighted by molar-refractivity contribution is 6.01. The average molecular weight is 615 g/mol. The largest absolute Gasteiger partial charge is 0.472 e. The maximum absolute atomic E-state index is 14.9. The van der Waals surface area contributed by atoms with Gasteiger partial charge in [-0.05, 0) is 33.3 Å². The summed E-state index contributed by atoms with van der Waals surface area (Å²) in [5, 5.41) is 24.4. The van der Waals surface area contributed by atoms with Crippen LogP contribution in [0.2, 0.25) is 0 Å². The molecule has 3 saturated carbocycles. The van der Waals surface area contributed by atoms with Crippen LogP contribution >= 0.6 is 0 Å². The topological polar surface area (TPSA) is 175 Å². The minimum absolute atomic E-state index is 0.0880. The number of methoxy groups -OCH3 is 1. The Hall–Kier alpha value is -3.06. The van der Waals surface area contributed by atoms with Crippen LogP contribution in [0, 0.1) is 28.1 Å². The number of fused-ring (bicyclic) bond motifs is 4. The van der Waals surface area contributed by atoms with Crippen molar-refractivity contribution >= 4 is 23.7 Å². The van der Waals surface area contributed by atoms with Gasteiger partial charge < -0.3 is 38.3 Å². The number of epoxide rings is 2. The summed E-state index contributed by atoms with van der Waals surface area (Å²) in [6.07, 6.45) is -1.12. The normalized spacial score (nSPS) is 48.4. The van der Waals surface area contributed by atoms with Gasteiger partial charge in [-0.2, -0.15) is 0 Å². The molecule has 0 radical (unpaired) electrons. The zero-order chi connectivity index (χ0) is 32.0. The molecule has 2 N–H and O–H groups in total. The lowest BCUT2D eigenvalue weighted by atomic mass is 9.35. The predicted molar refractivity (Wildman–Crippen MR) is 146 cm³/mol. The number of esters is 3. The van der Waals surface area contributed by atoms with E-state index in [1.165, 1.54) is 12.5 Å². The number of aliphatic hydroxyl groups is 2. The van der Waals surface area contributed by atoms with Crippen LogP contribution in [0.4, 0.5) is 0 Å². The molecule has 2 spiro atoms. The third-order valence-corrected chi connectivity index (χ3v) is 12.2. The molecule has 1 aromatic rings. The standard InChI is InChI=1S/C32H38O12/c1-8-14(2)22(35)42-25-27(3,4)20(19(34)23(36)39-7)29(6)24(37)30(25,38)26-31(44-26)16-11-18(33)41-21(15-9-10-40-13-15)28(16,5)12-17-32(29,31)43-17/h8-10,13,16-17,19-21,25-26,34,38H,11-12H2,1-7H3/b14-8+/t16-,17-,19-,20+,21+,25+,26-,28-,29-,30+,31-,32+/m1/s1. The van der Waals surface area contributed by atoms with Gasteiger partial charge in [0.2, 0.25) is 0 Å². The van der Waals surface area contributed by atoms with Crippen molar-refractivity contribution in [2.75, 3.05) is 7.11 Å². The van der Waals surface area contributed by atoms with E-state index in [1.54, 1.807) is 46.8 Å². The fourth-order valence-electron chi connectivity index (χ4n) is 10.4. The van der Waals surface area contributed by atoms with Crippen molar-refractivity contribution in [1.82, 2.24) is 0 Å². The molecule has 3 aliphatic carbocycles. The van der Waals surface area contributed by atoms with E-state index in [0.29, 0.717) is 12.0 Å². The minimum atomic E-state index is -2.40. The van der Waals surface area contributed by atoms with Crippen molar-refractivity contribution in [1.29, 1.82) is 0 Å². The van der Waals surface area contributed by atoms with E-state index in [4.69, 9.17) is 28.1 Å². The highest BCUT2D eigenvalue weighted by atomic mass is 16.7. The summed E-state index contributed by atoms with van der Waals surface area (Å²) < 4.78 is 35.4. The molecule has 0 aromatic carbocycles. The van der Waals surface area contributed by atoms with E-state index >= 15 is 0 Å². The molecule has 238 valence electrons. The molecule has 0 amide bonds. The van der Waals surface area contributed by atoms with Crippen molar-refractivity contribution in [3.05, 3.63) is 35.8 Å². The number of ether oxygens (including phenoxy) is 5. The number of hydrogen-bond donors (Lipinski definition) is 2. The summed E-state index contributed by atoms with van der Waals surface area (Å²) in [5.41, 5.74) is -8.22. The Morgan fingerprint density at radius 1 is 1.16 bits per heavy atom. The first-order chi connectivity index (χ1) is 20.5. The number of furan rings is 1. The monoisotopic (exact) mass is 614 g/mol. The van der Waals surface area contributed by atoms with Crippen LogP contribution in [-0.4, -0.2) is 82.2 Å². The van der Waals surface area contributed by atoms with E-state index in [2.05, 4.69) is 0 Å². The van der Waals surface area contributed by atoms with Crippen molar-refractivity contribution < 1.29 is 57.5 Å². The van der Waals surface area contributed by atoms with E-state index in [9.17, 15) is 29.4 Å². The maximum atomic E-state index is 14.9. The molecular formula is C32H38O12. The van der Waals surface area contributed by atoms with Crippen LogP contribution in [0.3, 0.4) is 0 Å². The molecule has 7 rings (SSSR count). The van der Waals surface area contributed by atoms with Crippen LogP contribution in [0.15, 0.2) is 34.7 Å². The van der Waals surface area contributed by atoms with Crippen molar-refractivity contribution in [3.8, 4) is 0 Å².